The summed E-state index contributed by atoms with van der Waals surface area (Å²) in [6.07, 6.45) is -4.22. The number of alkyl halides is 3. The number of amides is 1. The summed E-state index contributed by atoms with van der Waals surface area (Å²) in [4.78, 5) is 23.4. The summed E-state index contributed by atoms with van der Waals surface area (Å²) in [5, 5.41) is 2.60. The Bertz CT molecular complexity index is 1060. The zero-order valence-electron chi connectivity index (χ0n) is 18.5. The number of nitrogens with one attached hydrogen (secondary N) is 1. The molecule has 1 N–H and O–H groups in total. The van der Waals surface area contributed by atoms with E-state index >= 15 is 0 Å². The van der Waals surface area contributed by atoms with Crippen molar-refractivity contribution in [3.05, 3.63) is 46.4 Å². The molecule has 0 bridgehead atoms. The first-order valence-electron chi connectivity index (χ1n) is 10.6. The lowest BCUT2D eigenvalue weighted by Crippen LogP contribution is -2.53. The third-order valence-electron chi connectivity index (χ3n) is 5.53. The van der Waals surface area contributed by atoms with Crippen molar-refractivity contribution in [3.8, 4) is 0 Å². The summed E-state index contributed by atoms with van der Waals surface area (Å²) in [6, 6.07) is 6.92. The van der Waals surface area contributed by atoms with Gasteiger partial charge in [0.15, 0.2) is 0 Å². The molecule has 3 heterocycles. The summed E-state index contributed by atoms with van der Waals surface area (Å²) in [6.45, 7) is 8.24. The first-order valence-corrected chi connectivity index (χ1v) is 11.0. The maximum atomic E-state index is 13.0. The number of anilines is 2. The van der Waals surface area contributed by atoms with Gasteiger partial charge < -0.3 is 15.0 Å². The zero-order chi connectivity index (χ0) is 24.0. The molecule has 1 aromatic carbocycles. The van der Waals surface area contributed by atoms with Crippen LogP contribution in [-0.4, -0.2) is 57.6 Å². The highest BCUT2D eigenvalue weighted by Gasteiger charge is 2.37. The molecule has 0 spiro atoms. The monoisotopic (exact) mass is 483 g/mol. The van der Waals surface area contributed by atoms with Gasteiger partial charge >= 0.3 is 12.3 Å². The van der Waals surface area contributed by atoms with Gasteiger partial charge in [0.2, 0.25) is 5.82 Å². The second-order valence-electron chi connectivity index (χ2n) is 9.16. The number of halogens is 4. The molecule has 1 aromatic heterocycles. The molecule has 1 atom stereocenters. The molecule has 0 unspecified atom stereocenters. The summed E-state index contributed by atoms with van der Waals surface area (Å²) in [7, 11) is 0. The van der Waals surface area contributed by atoms with Crippen LogP contribution in [0.4, 0.5) is 29.5 Å². The lowest BCUT2D eigenvalue weighted by atomic mass is 9.90. The number of fused-ring (bicyclic) bond motifs is 3. The fourth-order valence-electron chi connectivity index (χ4n) is 4.12. The molecule has 0 radical (unpaired) electrons. The quantitative estimate of drug-likeness (QED) is 0.603. The normalized spacial score (nSPS) is 19.0. The minimum atomic E-state index is -4.69. The maximum Gasteiger partial charge on any atom is 0.451 e. The second-order valence-corrected chi connectivity index (χ2v) is 9.55. The van der Waals surface area contributed by atoms with E-state index < -0.39 is 17.6 Å². The van der Waals surface area contributed by atoms with Crippen molar-refractivity contribution in [2.24, 2.45) is 0 Å². The van der Waals surface area contributed by atoms with Crippen molar-refractivity contribution in [1.29, 1.82) is 0 Å². The number of ether oxygens (including phenoxy) is 1. The molecule has 11 heteroatoms. The number of hydrogen-bond donors (Lipinski definition) is 1. The Balaban J connectivity index is 1.53. The first-order chi connectivity index (χ1) is 15.4. The van der Waals surface area contributed by atoms with Gasteiger partial charge in [-0.1, -0.05) is 17.7 Å². The van der Waals surface area contributed by atoms with E-state index in [-0.39, 0.29) is 23.1 Å². The topological polar surface area (TPSA) is 70.6 Å². The lowest BCUT2D eigenvalue weighted by Gasteiger charge is -2.45. The number of rotatable bonds is 2. The summed E-state index contributed by atoms with van der Waals surface area (Å²) >= 11 is 5.75. The van der Waals surface area contributed by atoms with Gasteiger partial charge in [0.1, 0.15) is 16.6 Å². The number of nitrogens with zero attached hydrogens (tertiary/aromatic N) is 4. The van der Waals surface area contributed by atoms with Crippen molar-refractivity contribution >= 4 is 29.2 Å². The van der Waals surface area contributed by atoms with E-state index in [1.165, 1.54) is 6.07 Å². The largest absolute Gasteiger partial charge is 0.451 e. The third-order valence-corrected chi connectivity index (χ3v) is 5.73. The van der Waals surface area contributed by atoms with Crippen LogP contribution in [-0.2, 0) is 17.3 Å². The van der Waals surface area contributed by atoms with Crippen LogP contribution in [0.25, 0.3) is 0 Å². The Kier molecular flexibility index (Phi) is 6.17. The molecule has 0 aliphatic carbocycles. The molecule has 2 aromatic rings. The highest BCUT2D eigenvalue weighted by atomic mass is 35.5. The number of benzene rings is 1. The second kappa shape index (κ2) is 8.64. The molecule has 2 aliphatic heterocycles. The van der Waals surface area contributed by atoms with E-state index in [4.69, 9.17) is 16.3 Å². The number of hydrogen-bond acceptors (Lipinski definition) is 6. The highest BCUT2D eigenvalue weighted by Crippen LogP contribution is 2.35. The Morgan fingerprint density at radius 1 is 1.15 bits per heavy atom. The van der Waals surface area contributed by atoms with E-state index in [9.17, 15) is 18.0 Å². The SMILES string of the molecule is CC(C)(C)OC(=O)N1CCN2CCc3cc(Nc4cc(Cl)nc(C(F)(F)F)n4)ccc3[C@@H]2C1. The van der Waals surface area contributed by atoms with Gasteiger partial charge in [-0.2, -0.15) is 13.2 Å². The number of carbonyl (C=O) groups is 1. The van der Waals surface area contributed by atoms with Gasteiger partial charge in [-0.3, -0.25) is 4.90 Å². The molecular formula is C22H25ClF3N5O2. The minimum absolute atomic E-state index is 0.0338. The van der Waals surface area contributed by atoms with Crippen LogP contribution < -0.4 is 5.32 Å². The van der Waals surface area contributed by atoms with Crippen LogP contribution >= 0.6 is 11.6 Å². The molecule has 7 nitrogen and oxygen atoms in total. The number of piperazine rings is 1. The molecule has 2 aliphatic rings. The van der Waals surface area contributed by atoms with E-state index in [0.717, 1.165) is 30.6 Å². The van der Waals surface area contributed by atoms with Gasteiger partial charge in [0.25, 0.3) is 0 Å². The zero-order valence-corrected chi connectivity index (χ0v) is 19.3. The average molecular weight is 484 g/mol. The van der Waals surface area contributed by atoms with E-state index in [0.29, 0.717) is 18.8 Å². The van der Waals surface area contributed by atoms with Gasteiger partial charge in [0.05, 0.1) is 6.04 Å². The highest BCUT2D eigenvalue weighted by molar-refractivity contribution is 6.29. The molecule has 1 saturated heterocycles. The van der Waals surface area contributed by atoms with Crippen LogP contribution in [0.15, 0.2) is 24.3 Å². The van der Waals surface area contributed by atoms with Crippen molar-refractivity contribution in [1.82, 2.24) is 19.8 Å². The van der Waals surface area contributed by atoms with Gasteiger partial charge in [0, 0.05) is 37.9 Å². The van der Waals surface area contributed by atoms with Crippen molar-refractivity contribution in [2.45, 2.75) is 45.0 Å². The van der Waals surface area contributed by atoms with Crippen molar-refractivity contribution in [2.75, 3.05) is 31.5 Å². The Morgan fingerprint density at radius 3 is 2.61 bits per heavy atom. The number of aromatic nitrogens is 2. The van der Waals surface area contributed by atoms with Gasteiger partial charge in [-0.05, 0) is 50.5 Å². The predicted molar refractivity (Wildman–Crippen MR) is 118 cm³/mol. The fourth-order valence-corrected chi connectivity index (χ4v) is 4.30. The van der Waals surface area contributed by atoms with Crippen LogP contribution in [0.1, 0.15) is 43.8 Å². The average Bonchev–Trinajstić information content (AvgIpc) is 2.70. The lowest BCUT2D eigenvalue weighted by molar-refractivity contribution is -0.144. The standard InChI is InChI=1S/C22H25ClF3N5O2/c1-21(2,3)33-20(32)31-9-8-30-7-6-13-10-14(4-5-15(13)16(30)12-31)27-18-11-17(23)28-19(29-18)22(24,25)26/h4-5,10-11,16H,6-9,12H2,1-3H3,(H,27,28,29)/t16-/m0/s1. The Morgan fingerprint density at radius 2 is 1.91 bits per heavy atom. The number of carbonyl (C=O) groups excluding carboxylic acids is 1. The molecule has 1 fully saturated rings. The molecule has 4 rings (SSSR count). The van der Waals surface area contributed by atoms with Crippen molar-refractivity contribution < 1.29 is 22.7 Å². The van der Waals surface area contributed by atoms with Crippen molar-refractivity contribution in [3.63, 3.8) is 0 Å². The van der Waals surface area contributed by atoms with Gasteiger partial charge in [-0.25, -0.2) is 14.8 Å². The molecular weight excluding hydrogens is 459 g/mol. The Hall–Kier alpha value is -2.59. The van der Waals surface area contributed by atoms with Crippen LogP contribution in [0.5, 0.6) is 0 Å². The van der Waals surface area contributed by atoms with E-state index in [1.54, 1.807) is 11.0 Å². The van der Waals surface area contributed by atoms with Crippen LogP contribution in [0.2, 0.25) is 5.15 Å². The molecule has 178 valence electrons. The van der Waals surface area contributed by atoms with Gasteiger partial charge in [-0.15, -0.1) is 0 Å². The Labute approximate surface area is 194 Å². The molecule has 0 saturated carbocycles. The van der Waals surface area contributed by atoms with Crippen LogP contribution in [0.3, 0.4) is 0 Å². The van der Waals surface area contributed by atoms with E-state index in [2.05, 4.69) is 20.2 Å². The maximum absolute atomic E-state index is 13.0. The smallest absolute Gasteiger partial charge is 0.444 e. The predicted octanol–water partition coefficient (Wildman–Crippen LogP) is 5.04. The fraction of sp³-hybridized carbons (Fsp3) is 0.500. The van der Waals surface area contributed by atoms with Crippen LogP contribution in [0, 0.1) is 0 Å². The molecule has 1 amide bonds. The summed E-state index contributed by atoms with van der Waals surface area (Å²) < 4.78 is 44.5. The summed E-state index contributed by atoms with van der Waals surface area (Å²) in [5.41, 5.74) is 2.21. The van der Waals surface area contributed by atoms with E-state index in [1.807, 2.05) is 32.9 Å². The summed E-state index contributed by atoms with van der Waals surface area (Å²) in [5.74, 6) is -1.33. The minimum Gasteiger partial charge on any atom is -0.444 e. The third kappa shape index (κ3) is 5.50. The molecule has 33 heavy (non-hydrogen) atoms. The first kappa shape index (κ1) is 23.6.